The van der Waals surface area contributed by atoms with Gasteiger partial charge in [0.2, 0.25) is 0 Å². The highest BCUT2D eigenvalue weighted by Gasteiger charge is 2.28. The molecule has 3 unspecified atom stereocenters. The molecule has 0 aromatic heterocycles. The molecular formula is C12H25NO. The zero-order valence-electron chi connectivity index (χ0n) is 9.87. The molecule has 0 heterocycles. The summed E-state index contributed by atoms with van der Waals surface area (Å²) < 4.78 is 0. The van der Waals surface area contributed by atoms with Gasteiger partial charge >= 0.3 is 0 Å². The third kappa shape index (κ3) is 2.96. The predicted octanol–water partition coefficient (Wildman–Crippen LogP) is 2.62. The van der Waals surface area contributed by atoms with Crippen molar-refractivity contribution in [3.05, 3.63) is 0 Å². The third-order valence-electron chi connectivity index (χ3n) is 3.64. The third-order valence-corrected chi connectivity index (χ3v) is 3.64. The summed E-state index contributed by atoms with van der Waals surface area (Å²) in [6, 6.07) is 0.615. The van der Waals surface area contributed by atoms with Gasteiger partial charge in [-0.3, -0.25) is 4.90 Å². The first-order chi connectivity index (χ1) is 6.66. The van der Waals surface area contributed by atoms with Crippen molar-refractivity contribution in [2.45, 2.75) is 64.6 Å². The molecule has 3 atom stereocenters. The first kappa shape index (κ1) is 12.0. The Morgan fingerprint density at radius 1 is 1.36 bits per heavy atom. The molecule has 0 aromatic carbocycles. The normalized spacial score (nSPS) is 30.6. The Hall–Kier alpha value is -0.0800. The van der Waals surface area contributed by atoms with E-state index in [0.29, 0.717) is 6.04 Å². The summed E-state index contributed by atoms with van der Waals surface area (Å²) in [5, 5.41) is 9.59. The van der Waals surface area contributed by atoms with Crippen molar-refractivity contribution in [3.8, 4) is 0 Å². The lowest BCUT2D eigenvalue weighted by molar-refractivity contribution is -0.0225. The Kier molecular flexibility index (Phi) is 4.90. The van der Waals surface area contributed by atoms with Gasteiger partial charge in [0.15, 0.2) is 0 Å². The minimum absolute atomic E-state index is 0.294. The van der Waals surface area contributed by atoms with Crippen LogP contribution in [0.4, 0.5) is 0 Å². The SMILES string of the molecule is CCCC1CCCCC1N(C)C(C)O. The van der Waals surface area contributed by atoms with Gasteiger partial charge in [-0.05, 0) is 39.2 Å². The van der Waals surface area contributed by atoms with E-state index in [4.69, 9.17) is 0 Å². The van der Waals surface area contributed by atoms with Gasteiger partial charge in [-0.1, -0.05) is 26.2 Å². The zero-order valence-corrected chi connectivity index (χ0v) is 9.87. The van der Waals surface area contributed by atoms with E-state index in [0.717, 1.165) is 5.92 Å². The van der Waals surface area contributed by atoms with Crippen LogP contribution >= 0.6 is 0 Å². The van der Waals surface area contributed by atoms with Gasteiger partial charge in [0, 0.05) is 6.04 Å². The summed E-state index contributed by atoms with van der Waals surface area (Å²) in [6.07, 6.45) is 7.65. The minimum atomic E-state index is -0.294. The Balaban J connectivity index is 2.52. The van der Waals surface area contributed by atoms with Crippen molar-refractivity contribution in [1.29, 1.82) is 0 Å². The van der Waals surface area contributed by atoms with Crippen LogP contribution in [0.2, 0.25) is 0 Å². The van der Waals surface area contributed by atoms with Crippen LogP contribution < -0.4 is 0 Å². The molecule has 0 amide bonds. The molecule has 0 bridgehead atoms. The second kappa shape index (κ2) is 5.72. The monoisotopic (exact) mass is 199 g/mol. The number of rotatable bonds is 4. The number of aliphatic hydroxyl groups excluding tert-OH is 1. The van der Waals surface area contributed by atoms with Crippen LogP contribution in [0.5, 0.6) is 0 Å². The van der Waals surface area contributed by atoms with Gasteiger partial charge in [0.05, 0.1) is 0 Å². The Morgan fingerprint density at radius 3 is 2.57 bits per heavy atom. The van der Waals surface area contributed by atoms with E-state index >= 15 is 0 Å². The lowest BCUT2D eigenvalue weighted by Gasteiger charge is -2.39. The Morgan fingerprint density at radius 2 is 2.00 bits per heavy atom. The number of hydrogen-bond acceptors (Lipinski definition) is 2. The molecule has 0 saturated heterocycles. The van der Waals surface area contributed by atoms with E-state index in [1.165, 1.54) is 38.5 Å². The predicted molar refractivity (Wildman–Crippen MR) is 60.1 cm³/mol. The molecule has 1 rings (SSSR count). The van der Waals surface area contributed by atoms with Crippen molar-refractivity contribution in [2.24, 2.45) is 5.92 Å². The fourth-order valence-electron chi connectivity index (χ4n) is 2.71. The molecule has 1 saturated carbocycles. The van der Waals surface area contributed by atoms with Crippen LogP contribution in [0.25, 0.3) is 0 Å². The molecule has 0 aromatic rings. The molecule has 1 aliphatic carbocycles. The van der Waals surface area contributed by atoms with Crippen LogP contribution in [0.15, 0.2) is 0 Å². The molecule has 1 N–H and O–H groups in total. The van der Waals surface area contributed by atoms with Crippen molar-refractivity contribution >= 4 is 0 Å². The summed E-state index contributed by atoms with van der Waals surface area (Å²) in [5.41, 5.74) is 0. The number of hydrogen-bond donors (Lipinski definition) is 1. The summed E-state index contributed by atoms with van der Waals surface area (Å²) >= 11 is 0. The minimum Gasteiger partial charge on any atom is -0.379 e. The fourth-order valence-corrected chi connectivity index (χ4v) is 2.71. The molecule has 0 radical (unpaired) electrons. The van der Waals surface area contributed by atoms with E-state index in [2.05, 4.69) is 18.9 Å². The number of aliphatic hydroxyl groups is 1. The first-order valence-electron chi connectivity index (χ1n) is 6.06. The van der Waals surface area contributed by atoms with Crippen LogP contribution in [-0.4, -0.2) is 29.3 Å². The van der Waals surface area contributed by atoms with Gasteiger partial charge in [0.25, 0.3) is 0 Å². The molecule has 0 spiro atoms. The molecule has 0 aliphatic heterocycles. The van der Waals surface area contributed by atoms with Crippen molar-refractivity contribution < 1.29 is 5.11 Å². The average Bonchev–Trinajstić information content (AvgIpc) is 2.18. The summed E-state index contributed by atoms with van der Waals surface area (Å²) in [4.78, 5) is 2.15. The van der Waals surface area contributed by atoms with Gasteiger partial charge < -0.3 is 5.11 Å². The molecule has 1 aliphatic rings. The van der Waals surface area contributed by atoms with Crippen LogP contribution in [0.1, 0.15) is 52.4 Å². The smallest absolute Gasteiger partial charge is 0.104 e. The average molecular weight is 199 g/mol. The summed E-state index contributed by atoms with van der Waals surface area (Å²) in [6.45, 7) is 4.13. The molecule has 14 heavy (non-hydrogen) atoms. The second-order valence-electron chi connectivity index (χ2n) is 4.70. The van der Waals surface area contributed by atoms with Gasteiger partial charge in [-0.15, -0.1) is 0 Å². The molecule has 1 fully saturated rings. The highest BCUT2D eigenvalue weighted by molar-refractivity contribution is 4.82. The van der Waals surface area contributed by atoms with Gasteiger partial charge in [-0.2, -0.15) is 0 Å². The van der Waals surface area contributed by atoms with Gasteiger partial charge in [-0.25, -0.2) is 0 Å². The maximum absolute atomic E-state index is 9.59. The highest BCUT2D eigenvalue weighted by atomic mass is 16.3. The van der Waals surface area contributed by atoms with E-state index in [-0.39, 0.29) is 6.23 Å². The first-order valence-corrected chi connectivity index (χ1v) is 6.06. The van der Waals surface area contributed by atoms with Crippen molar-refractivity contribution in [3.63, 3.8) is 0 Å². The second-order valence-corrected chi connectivity index (χ2v) is 4.70. The topological polar surface area (TPSA) is 23.5 Å². The van der Waals surface area contributed by atoms with Gasteiger partial charge in [0.1, 0.15) is 6.23 Å². The van der Waals surface area contributed by atoms with E-state index in [1.54, 1.807) is 0 Å². The van der Waals surface area contributed by atoms with Crippen LogP contribution in [-0.2, 0) is 0 Å². The molecule has 84 valence electrons. The Bertz CT molecular complexity index is 156. The quantitative estimate of drug-likeness (QED) is 0.704. The maximum atomic E-state index is 9.59. The van der Waals surface area contributed by atoms with Crippen molar-refractivity contribution in [1.82, 2.24) is 4.90 Å². The highest BCUT2D eigenvalue weighted by Crippen LogP contribution is 2.31. The molecule has 2 heteroatoms. The standard InChI is InChI=1S/C12H25NO/c1-4-7-11-8-5-6-9-12(11)13(3)10(2)14/h10-12,14H,4-9H2,1-3H3. The summed E-state index contributed by atoms with van der Waals surface area (Å²) in [7, 11) is 2.06. The lowest BCUT2D eigenvalue weighted by atomic mass is 9.81. The van der Waals surface area contributed by atoms with Crippen molar-refractivity contribution in [2.75, 3.05) is 7.05 Å². The maximum Gasteiger partial charge on any atom is 0.104 e. The summed E-state index contributed by atoms with van der Waals surface area (Å²) in [5.74, 6) is 0.813. The zero-order chi connectivity index (χ0) is 10.6. The van der Waals surface area contributed by atoms with E-state index in [1.807, 2.05) is 6.92 Å². The Labute approximate surface area is 88.3 Å². The largest absolute Gasteiger partial charge is 0.379 e. The molecular weight excluding hydrogens is 174 g/mol. The van der Waals surface area contributed by atoms with Crippen LogP contribution in [0.3, 0.4) is 0 Å². The number of nitrogens with zero attached hydrogens (tertiary/aromatic N) is 1. The fraction of sp³-hybridized carbons (Fsp3) is 1.00. The molecule has 2 nitrogen and oxygen atoms in total. The lowest BCUT2D eigenvalue weighted by Crippen LogP contribution is -2.44. The van der Waals surface area contributed by atoms with E-state index in [9.17, 15) is 5.11 Å². The van der Waals surface area contributed by atoms with E-state index < -0.39 is 0 Å². The van der Waals surface area contributed by atoms with Crippen LogP contribution in [0, 0.1) is 5.92 Å².